The van der Waals surface area contributed by atoms with E-state index >= 15 is 0 Å². The van der Waals surface area contributed by atoms with Gasteiger partial charge in [0.25, 0.3) is 0 Å². The quantitative estimate of drug-likeness (QED) is 0.260. The second kappa shape index (κ2) is 12.6. The first kappa shape index (κ1) is 27.1. The molecule has 0 unspecified atom stereocenters. The third-order valence-corrected chi connectivity index (χ3v) is 9.03. The molecule has 3 aliphatic rings. The van der Waals surface area contributed by atoms with Crippen molar-refractivity contribution in [3.05, 3.63) is 45.4 Å². The van der Waals surface area contributed by atoms with Gasteiger partial charge in [-0.05, 0) is 107 Å². The molecule has 2 fully saturated rings. The van der Waals surface area contributed by atoms with Crippen LogP contribution in [0, 0.1) is 0 Å². The number of amidine groups is 1. The molecule has 3 aromatic rings. The van der Waals surface area contributed by atoms with E-state index in [1.165, 1.54) is 55.7 Å². The molecule has 38 heavy (non-hydrogen) atoms. The fourth-order valence-electron chi connectivity index (χ4n) is 5.71. The first-order valence-electron chi connectivity index (χ1n) is 14.0. The Hall–Kier alpha value is -2.48. The largest absolute Gasteiger partial charge is 0.477 e. The number of hydrogen-bond acceptors (Lipinski definition) is 5. The summed E-state index contributed by atoms with van der Waals surface area (Å²) in [5.74, 6) is -0.0649. The lowest BCUT2D eigenvalue weighted by atomic mass is 9.87. The van der Waals surface area contributed by atoms with E-state index in [0.29, 0.717) is 10.7 Å². The van der Waals surface area contributed by atoms with Crippen molar-refractivity contribution >= 4 is 50.6 Å². The number of aliphatic imine (C=N–C) groups is 1. The zero-order chi connectivity index (χ0) is 26.5. The van der Waals surface area contributed by atoms with Crippen LogP contribution >= 0.6 is 22.9 Å². The second-order valence-corrected chi connectivity index (χ2v) is 11.8. The maximum absolute atomic E-state index is 12.2. The zero-order valence-corrected chi connectivity index (χ0v) is 23.8. The van der Waals surface area contributed by atoms with Gasteiger partial charge >= 0.3 is 5.97 Å². The van der Waals surface area contributed by atoms with Crippen LogP contribution in [0.3, 0.4) is 0 Å². The molecule has 0 radical (unpaired) electrons. The molecule has 0 saturated carbocycles. The monoisotopic (exact) mass is 552 g/mol. The third kappa shape index (κ3) is 6.05. The number of rotatable bonds is 3. The Kier molecular flexibility index (Phi) is 8.97. The van der Waals surface area contributed by atoms with Gasteiger partial charge in [0.2, 0.25) is 0 Å². The van der Waals surface area contributed by atoms with Gasteiger partial charge in [-0.1, -0.05) is 30.2 Å². The number of aromatic nitrogens is 1. The molecule has 8 heteroatoms. The Balaban J connectivity index is 0.000000433. The lowest BCUT2D eigenvalue weighted by Crippen LogP contribution is -2.33. The SMILES string of the molecule is C1CCNCC1.CC(=Nc1c(C(=O)O)sc2nc3c(c(-c4ccc(Cl)cc4)c12)CCCC3)N1CCCCC1. The Morgan fingerprint density at radius 1 is 1.00 bits per heavy atom. The number of carbonyl (C=O) groups is 1. The van der Waals surface area contributed by atoms with Gasteiger partial charge in [-0.3, -0.25) is 0 Å². The number of fused-ring (bicyclic) bond motifs is 2. The van der Waals surface area contributed by atoms with E-state index in [4.69, 9.17) is 21.6 Å². The van der Waals surface area contributed by atoms with Crippen LogP contribution < -0.4 is 5.32 Å². The molecule has 202 valence electrons. The summed E-state index contributed by atoms with van der Waals surface area (Å²) in [5.41, 5.74) is 4.99. The molecule has 0 spiro atoms. The standard InChI is InChI=1S/C25H26ClN3O2S.C5H11N/c1-15(29-13-5-2-6-14-29)27-22-21-20(16-9-11-17(26)12-10-16)18-7-3-4-8-19(18)28-24(21)32-23(22)25(30)31;1-2-4-6-5-3-1/h9-12H,2-8,13-14H2,1H3,(H,30,31);6H,1-5H2. The fourth-order valence-corrected chi connectivity index (χ4v) is 6.82. The zero-order valence-electron chi connectivity index (χ0n) is 22.2. The molecule has 2 aliphatic heterocycles. The van der Waals surface area contributed by atoms with E-state index in [9.17, 15) is 9.90 Å². The van der Waals surface area contributed by atoms with E-state index in [0.717, 1.165) is 84.5 Å². The van der Waals surface area contributed by atoms with Gasteiger partial charge in [-0.25, -0.2) is 14.8 Å². The van der Waals surface area contributed by atoms with Crippen molar-refractivity contribution in [2.45, 2.75) is 71.1 Å². The number of aromatic carboxylic acids is 1. The highest BCUT2D eigenvalue weighted by Crippen LogP contribution is 2.46. The molecular weight excluding hydrogens is 516 g/mol. The Morgan fingerprint density at radius 2 is 1.68 bits per heavy atom. The van der Waals surface area contributed by atoms with Crippen molar-refractivity contribution in [3.63, 3.8) is 0 Å². The first-order chi connectivity index (χ1) is 18.5. The molecule has 1 aliphatic carbocycles. The van der Waals surface area contributed by atoms with E-state index in [-0.39, 0.29) is 4.88 Å². The number of likely N-dealkylation sites (tertiary alicyclic amines) is 1. The molecule has 4 heterocycles. The molecule has 2 aromatic heterocycles. The number of hydrogen-bond donors (Lipinski definition) is 2. The Morgan fingerprint density at radius 3 is 2.32 bits per heavy atom. The Labute approximate surface area is 234 Å². The van der Waals surface area contributed by atoms with Crippen LogP contribution in [0.15, 0.2) is 29.3 Å². The summed E-state index contributed by atoms with van der Waals surface area (Å²) in [6.07, 6.45) is 11.8. The Bertz CT molecular complexity index is 1300. The van der Waals surface area contributed by atoms with E-state index < -0.39 is 5.97 Å². The summed E-state index contributed by atoms with van der Waals surface area (Å²) < 4.78 is 0. The number of nitrogens with one attached hydrogen (secondary N) is 1. The molecule has 0 atom stereocenters. The van der Waals surface area contributed by atoms with Crippen molar-refractivity contribution in [1.29, 1.82) is 0 Å². The van der Waals surface area contributed by atoms with E-state index in [1.807, 2.05) is 31.2 Å². The number of piperidine rings is 2. The van der Waals surface area contributed by atoms with Crippen LogP contribution in [0.4, 0.5) is 5.69 Å². The number of carboxylic acid groups (broad SMARTS) is 1. The number of benzene rings is 1. The molecule has 1 aromatic carbocycles. The highest BCUT2D eigenvalue weighted by molar-refractivity contribution is 7.21. The highest BCUT2D eigenvalue weighted by atomic mass is 35.5. The minimum absolute atomic E-state index is 0.265. The van der Waals surface area contributed by atoms with Gasteiger partial charge in [0.15, 0.2) is 0 Å². The number of aryl methyl sites for hydroxylation is 1. The number of thiophene rings is 1. The van der Waals surface area contributed by atoms with Crippen LogP contribution in [0.2, 0.25) is 5.02 Å². The number of carboxylic acids is 1. The van der Waals surface area contributed by atoms with Gasteiger partial charge in [0.05, 0.1) is 0 Å². The van der Waals surface area contributed by atoms with Crippen LogP contribution in [0.1, 0.15) is 79.2 Å². The van der Waals surface area contributed by atoms with Gasteiger partial charge < -0.3 is 15.3 Å². The summed E-state index contributed by atoms with van der Waals surface area (Å²) in [5, 5.41) is 14.9. The number of pyridine rings is 1. The molecular formula is C30H37ClN4O2S. The average Bonchev–Trinajstić information content (AvgIpc) is 3.32. The lowest BCUT2D eigenvalue weighted by molar-refractivity contribution is 0.0703. The molecule has 2 N–H and O–H groups in total. The summed E-state index contributed by atoms with van der Waals surface area (Å²) in [7, 11) is 0. The van der Waals surface area contributed by atoms with Crippen molar-refractivity contribution in [2.24, 2.45) is 4.99 Å². The predicted molar refractivity (Wildman–Crippen MR) is 159 cm³/mol. The predicted octanol–water partition coefficient (Wildman–Crippen LogP) is 7.49. The second-order valence-electron chi connectivity index (χ2n) is 10.4. The average molecular weight is 553 g/mol. The maximum atomic E-state index is 12.2. The molecule has 6 nitrogen and oxygen atoms in total. The summed E-state index contributed by atoms with van der Waals surface area (Å²) in [6, 6.07) is 7.83. The van der Waals surface area contributed by atoms with Crippen molar-refractivity contribution in [3.8, 4) is 11.1 Å². The number of nitrogens with zero attached hydrogens (tertiary/aromatic N) is 3. The van der Waals surface area contributed by atoms with Crippen LogP contribution in [0.5, 0.6) is 0 Å². The van der Waals surface area contributed by atoms with Crippen molar-refractivity contribution in [2.75, 3.05) is 26.2 Å². The van der Waals surface area contributed by atoms with Crippen LogP contribution in [-0.2, 0) is 12.8 Å². The maximum Gasteiger partial charge on any atom is 0.348 e. The molecule has 0 amide bonds. The number of halogens is 1. The molecule has 6 rings (SSSR count). The summed E-state index contributed by atoms with van der Waals surface area (Å²) in [4.78, 5) is 25.4. The highest BCUT2D eigenvalue weighted by Gasteiger charge is 2.27. The van der Waals surface area contributed by atoms with Gasteiger partial charge in [0, 0.05) is 29.2 Å². The summed E-state index contributed by atoms with van der Waals surface area (Å²) >= 11 is 7.42. The van der Waals surface area contributed by atoms with Crippen LogP contribution in [0.25, 0.3) is 21.3 Å². The van der Waals surface area contributed by atoms with Gasteiger partial charge in [-0.2, -0.15) is 0 Å². The summed E-state index contributed by atoms with van der Waals surface area (Å²) in [6.45, 7) is 6.43. The normalized spacial score (nSPS) is 18.1. The van der Waals surface area contributed by atoms with Gasteiger partial charge in [0.1, 0.15) is 21.2 Å². The fraction of sp³-hybridized carbons (Fsp3) is 0.500. The van der Waals surface area contributed by atoms with E-state index in [2.05, 4.69) is 10.2 Å². The first-order valence-corrected chi connectivity index (χ1v) is 15.2. The van der Waals surface area contributed by atoms with E-state index in [1.54, 1.807) is 0 Å². The third-order valence-electron chi connectivity index (χ3n) is 7.71. The van der Waals surface area contributed by atoms with Gasteiger partial charge in [-0.15, -0.1) is 11.3 Å². The van der Waals surface area contributed by atoms with Crippen molar-refractivity contribution in [1.82, 2.24) is 15.2 Å². The molecule has 2 saturated heterocycles. The minimum Gasteiger partial charge on any atom is -0.477 e. The van der Waals surface area contributed by atoms with Crippen molar-refractivity contribution < 1.29 is 9.90 Å². The topological polar surface area (TPSA) is 77.8 Å². The molecule has 0 bridgehead atoms. The smallest absolute Gasteiger partial charge is 0.348 e. The minimum atomic E-state index is -0.946. The van der Waals surface area contributed by atoms with Crippen LogP contribution in [-0.4, -0.2) is 53.0 Å². The lowest BCUT2D eigenvalue weighted by Gasteiger charge is -2.28.